The van der Waals surface area contributed by atoms with E-state index in [-0.39, 0.29) is 11.6 Å². The highest BCUT2D eigenvalue weighted by Crippen LogP contribution is 2.17. The fourth-order valence-corrected chi connectivity index (χ4v) is 1.63. The predicted molar refractivity (Wildman–Crippen MR) is 79.0 cm³/mol. The standard InChI is InChI=1S/C15H16N4O/c1-3-10-16-15(20)13-8-9-14(19-18-13)17-12-7-5-4-6-11(12)2/h3-9H,1,10H2,2H3,(H,16,20)(H,17,19). The van der Waals surface area contributed by atoms with E-state index >= 15 is 0 Å². The minimum absolute atomic E-state index is 0.264. The lowest BCUT2D eigenvalue weighted by molar-refractivity contribution is 0.0952. The summed E-state index contributed by atoms with van der Waals surface area (Å²) in [4.78, 5) is 11.6. The molecule has 0 saturated heterocycles. The highest BCUT2D eigenvalue weighted by molar-refractivity contribution is 5.92. The van der Waals surface area contributed by atoms with Gasteiger partial charge in [0.1, 0.15) is 0 Å². The van der Waals surface area contributed by atoms with Crippen molar-refractivity contribution in [1.82, 2.24) is 15.5 Å². The van der Waals surface area contributed by atoms with Gasteiger partial charge in [-0.3, -0.25) is 4.79 Å². The number of benzene rings is 1. The molecule has 1 heterocycles. The average molecular weight is 268 g/mol. The molecular formula is C15H16N4O. The van der Waals surface area contributed by atoms with Crippen LogP contribution < -0.4 is 10.6 Å². The van der Waals surface area contributed by atoms with E-state index in [0.29, 0.717) is 12.4 Å². The van der Waals surface area contributed by atoms with Crippen LogP contribution >= 0.6 is 0 Å². The summed E-state index contributed by atoms with van der Waals surface area (Å²) in [6.07, 6.45) is 1.61. The number of anilines is 2. The van der Waals surface area contributed by atoms with Gasteiger partial charge in [-0.15, -0.1) is 16.8 Å². The van der Waals surface area contributed by atoms with Crippen molar-refractivity contribution in [3.8, 4) is 0 Å². The first kappa shape index (κ1) is 13.7. The summed E-state index contributed by atoms with van der Waals surface area (Å²) in [5, 5.41) is 13.7. The molecule has 0 aliphatic carbocycles. The molecule has 0 bridgehead atoms. The molecule has 0 fully saturated rings. The third kappa shape index (κ3) is 3.41. The summed E-state index contributed by atoms with van der Waals surface area (Å²) in [5.74, 6) is 0.333. The second-order valence-electron chi connectivity index (χ2n) is 4.24. The van der Waals surface area contributed by atoms with Crippen molar-refractivity contribution in [3.63, 3.8) is 0 Å². The SMILES string of the molecule is C=CCNC(=O)c1ccc(Nc2ccccc2C)nn1. The molecule has 1 aromatic heterocycles. The molecular weight excluding hydrogens is 252 g/mol. The molecule has 2 N–H and O–H groups in total. The normalized spacial score (nSPS) is 9.85. The summed E-state index contributed by atoms with van der Waals surface area (Å²) < 4.78 is 0. The van der Waals surface area contributed by atoms with Crippen LogP contribution in [-0.4, -0.2) is 22.6 Å². The Labute approximate surface area is 117 Å². The number of hydrogen-bond donors (Lipinski definition) is 2. The smallest absolute Gasteiger partial charge is 0.272 e. The minimum atomic E-state index is -0.264. The van der Waals surface area contributed by atoms with Gasteiger partial charge < -0.3 is 10.6 Å². The van der Waals surface area contributed by atoms with Crippen molar-refractivity contribution in [3.05, 3.63) is 60.3 Å². The first-order chi connectivity index (χ1) is 9.70. The Hall–Kier alpha value is -2.69. The molecule has 0 unspecified atom stereocenters. The fraction of sp³-hybridized carbons (Fsp3) is 0.133. The number of para-hydroxylation sites is 1. The second-order valence-corrected chi connectivity index (χ2v) is 4.24. The first-order valence-electron chi connectivity index (χ1n) is 6.26. The van der Waals surface area contributed by atoms with E-state index in [4.69, 9.17) is 0 Å². The largest absolute Gasteiger partial charge is 0.347 e. The maximum absolute atomic E-state index is 11.6. The highest BCUT2D eigenvalue weighted by Gasteiger charge is 2.07. The highest BCUT2D eigenvalue weighted by atomic mass is 16.1. The van der Waals surface area contributed by atoms with Crippen molar-refractivity contribution in [1.29, 1.82) is 0 Å². The number of nitrogens with one attached hydrogen (secondary N) is 2. The summed E-state index contributed by atoms with van der Waals surface area (Å²) in [6, 6.07) is 11.2. The lowest BCUT2D eigenvalue weighted by Gasteiger charge is -2.08. The second kappa shape index (κ2) is 6.47. The number of aryl methyl sites for hydroxylation is 1. The van der Waals surface area contributed by atoms with Crippen molar-refractivity contribution >= 4 is 17.4 Å². The van der Waals surface area contributed by atoms with Crippen LogP contribution in [0.3, 0.4) is 0 Å². The Balaban J connectivity index is 2.07. The molecule has 2 rings (SSSR count). The number of aromatic nitrogens is 2. The van der Waals surface area contributed by atoms with Gasteiger partial charge in [0.05, 0.1) is 0 Å². The van der Waals surface area contributed by atoms with Crippen LogP contribution in [0.15, 0.2) is 49.1 Å². The van der Waals surface area contributed by atoms with Crippen molar-refractivity contribution < 1.29 is 4.79 Å². The number of nitrogens with zero attached hydrogens (tertiary/aromatic N) is 2. The van der Waals surface area contributed by atoms with Gasteiger partial charge >= 0.3 is 0 Å². The van der Waals surface area contributed by atoms with Crippen LogP contribution in [0.4, 0.5) is 11.5 Å². The van der Waals surface area contributed by atoms with E-state index in [2.05, 4.69) is 27.4 Å². The topological polar surface area (TPSA) is 66.9 Å². The lowest BCUT2D eigenvalue weighted by Crippen LogP contribution is -2.24. The predicted octanol–water partition coefficient (Wildman–Crippen LogP) is 2.44. The van der Waals surface area contributed by atoms with Gasteiger partial charge in [0.2, 0.25) is 0 Å². The number of amides is 1. The van der Waals surface area contributed by atoms with Crippen molar-refractivity contribution in [2.24, 2.45) is 0 Å². The minimum Gasteiger partial charge on any atom is -0.347 e. The monoisotopic (exact) mass is 268 g/mol. The Morgan fingerprint density at radius 2 is 2.05 bits per heavy atom. The molecule has 5 nitrogen and oxygen atoms in total. The van der Waals surface area contributed by atoms with Crippen molar-refractivity contribution in [2.75, 3.05) is 11.9 Å². The maximum Gasteiger partial charge on any atom is 0.272 e. The van der Waals surface area contributed by atoms with Crippen LogP contribution in [0.1, 0.15) is 16.1 Å². The number of carbonyl (C=O) groups excluding carboxylic acids is 1. The summed E-state index contributed by atoms with van der Waals surface area (Å²) in [5.41, 5.74) is 2.36. The molecule has 0 radical (unpaired) electrons. The molecule has 0 saturated carbocycles. The van der Waals surface area contributed by atoms with Crippen LogP contribution in [0.2, 0.25) is 0 Å². The Morgan fingerprint density at radius 1 is 1.25 bits per heavy atom. The zero-order chi connectivity index (χ0) is 14.4. The third-order valence-electron chi connectivity index (χ3n) is 2.71. The Bertz CT molecular complexity index is 608. The van der Waals surface area contributed by atoms with E-state index in [1.54, 1.807) is 18.2 Å². The van der Waals surface area contributed by atoms with Crippen LogP contribution in [-0.2, 0) is 0 Å². The van der Waals surface area contributed by atoms with Gasteiger partial charge in [0, 0.05) is 12.2 Å². The van der Waals surface area contributed by atoms with E-state index in [9.17, 15) is 4.79 Å². The molecule has 1 amide bonds. The van der Waals surface area contributed by atoms with Crippen LogP contribution in [0.5, 0.6) is 0 Å². The summed E-state index contributed by atoms with van der Waals surface area (Å²) >= 11 is 0. The summed E-state index contributed by atoms with van der Waals surface area (Å²) in [6.45, 7) is 5.95. The van der Waals surface area contributed by atoms with Crippen LogP contribution in [0, 0.1) is 6.92 Å². The molecule has 20 heavy (non-hydrogen) atoms. The van der Waals surface area contributed by atoms with Gasteiger partial charge in [-0.1, -0.05) is 24.3 Å². The van der Waals surface area contributed by atoms with Crippen LogP contribution in [0.25, 0.3) is 0 Å². The third-order valence-corrected chi connectivity index (χ3v) is 2.71. The average Bonchev–Trinajstić information content (AvgIpc) is 2.48. The zero-order valence-corrected chi connectivity index (χ0v) is 11.3. The lowest BCUT2D eigenvalue weighted by atomic mass is 10.2. The summed E-state index contributed by atoms with van der Waals surface area (Å²) in [7, 11) is 0. The Kier molecular flexibility index (Phi) is 4.44. The molecule has 102 valence electrons. The molecule has 5 heteroatoms. The number of hydrogen-bond acceptors (Lipinski definition) is 4. The zero-order valence-electron chi connectivity index (χ0n) is 11.3. The Morgan fingerprint density at radius 3 is 2.70 bits per heavy atom. The number of rotatable bonds is 5. The van der Waals surface area contributed by atoms with Gasteiger partial charge in [0.25, 0.3) is 5.91 Å². The molecule has 1 aromatic carbocycles. The fourth-order valence-electron chi connectivity index (χ4n) is 1.63. The maximum atomic E-state index is 11.6. The van der Waals surface area contributed by atoms with E-state index in [0.717, 1.165) is 11.3 Å². The molecule has 0 aliphatic rings. The molecule has 0 spiro atoms. The quantitative estimate of drug-likeness (QED) is 0.817. The van der Waals surface area contributed by atoms with Crippen molar-refractivity contribution in [2.45, 2.75) is 6.92 Å². The molecule has 0 atom stereocenters. The molecule has 2 aromatic rings. The van der Waals surface area contributed by atoms with Gasteiger partial charge in [0.15, 0.2) is 11.5 Å². The van der Waals surface area contributed by atoms with E-state index < -0.39 is 0 Å². The van der Waals surface area contributed by atoms with Gasteiger partial charge in [-0.2, -0.15) is 0 Å². The van der Waals surface area contributed by atoms with E-state index in [1.165, 1.54) is 0 Å². The van der Waals surface area contributed by atoms with Gasteiger partial charge in [-0.25, -0.2) is 0 Å². The van der Waals surface area contributed by atoms with Gasteiger partial charge in [-0.05, 0) is 30.7 Å². The first-order valence-corrected chi connectivity index (χ1v) is 6.26. The van der Waals surface area contributed by atoms with E-state index in [1.807, 2.05) is 31.2 Å². The molecule has 0 aliphatic heterocycles. The number of carbonyl (C=O) groups is 1.